The van der Waals surface area contributed by atoms with Gasteiger partial charge < -0.3 is 15.1 Å². The number of aryl methyl sites for hydroxylation is 1. The van der Waals surface area contributed by atoms with Gasteiger partial charge in [0.2, 0.25) is 17.7 Å². The molecule has 0 spiro atoms. The molecule has 178 valence electrons. The Bertz CT molecular complexity index is 1420. The first kappa shape index (κ1) is 20.9. The lowest BCUT2D eigenvalue weighted by molar-refractivity contribution is -0.133. The second-order valence-corrected chi connectivity index (χ2v) is 9.15. The van der Waals surface area contributed by atoms with Gasteiger partial charge in [0.1, 0.15) is 5.52 Å². The van der Waals surface area contributed by atoms with Crippen molar-refractivity contribution in [3.8, 4) is 11.6 Å². The predicted molar refractivity (Wildman–Crippen MR) is 124 cm³/mol. The van der Waals surface area contributed by atoms with Crippen LogP contribution in [0.5, 0.6) is 0 Å². The van der Waals surface area contributed by atoms with E-state index in [2.05, 4.69) is 20.0 Å². The van der Waals surface area contributed by atoms with Crippen LogP contribution in [0.1, 0.15) is 19.3 Å². The molecule has 0 radical (unpaired) electrons. The number of anilines is 1. The van der Waals surface area contributed by atoms with Gasteiger partial charge in [-0.1, -0.05) is 0 Å². The number of nitrogens with zero attached hydrogens (tertiary/aromatic N) is 8. The highest BCUT2D eigenvalue weighted by Crippen LogP contribution is 2.33. The van der Waals surface area contributed by atoms with Crippen molar-refractivity contribution in [2.24, 2.45) is 13.0 Å². The Labute approximate surface area is 194 Å². The number of nitrogens with two attached hydrogens (primary N) is 1. The fraction of sp³-hybridized carbons (Fsp3) is 0.500. The number of furan rings is 1. The van der Waals surface area contributed by atoms with Gasteiger partial charge in [0, 0.05) is 52.7 Å². The number of carbonyl (C=O) groups excluding carboxylic acids is 1. The lowest BCUT2D eigenvalue weighted by Crippen LogP contribution is -2.49. The van der Waals surface area contributed by atoms with Crippen LogP contribution in [0.3, 0.4) is 0 Å². The van der Waals surface area contributed by atoms with Crippen LogP contribution in [0.2, 0.25) is 0 Å². The van der Waals surface area contributed by atoms with Gasteiger partial charge in [-0.05, 0) is 30.9 Å². The number of rotatable bonds is 6. The van der Waals surface area contributed by atoms with E-state index in [1.165, 1.54) is 21.9 Å². The van der Waals surface area contributed by atoms with Crippen molar-refractivity contribution in [3.05, 3.63) is 28.9 Å². The minimum Gasteiger partial charge on any atom is -0.461 e. The molecule has 6 rings (SSSR count). The lowest BCUT2D eigenvalue weighted by Gasteiger charge is -2.34. The summed E-state index contributed by atoms with van der Waals surface area (Å²) in [6.45, 7) is 4.21. The molecule has 2 N–H and O–H groups in total. The molecule has 12 heteroatoms. The number of piperazine rings is 1. The Morgan fingerprint density at radius 2 is 1.94 bits per heavy atom. The predicted octanol–water partition coefficient (Wildman–Crippen LogP) is 0.564. The summed E-state index contributed by atoms with van der Waals surface area (Å²) in [6, 6.07) is 3.52. The molecule has 2 aliphatic rings. The molecular weight excluding hydrogens is 438 g/mol. The highest BCUT2D eigenvalue weighted by Gasteiger charge is 2.29. The third-order valence-corrected chi connectivity index (χ3v) is 6.84. The molecule has 0 bridgehead atoms. The molecule has 1 aliphatic carbocycles. The number of fused-ring (bicyclic) bond motifs is 3. The van der Waals surface area contributed by atoms with Crippen LogP contribution in [0.15, 0.2) is 27.6 Å². The molecule has 4 aromatic rings. The van der Waals surface area contributed by atoms with E-state index in [-0.39, 0.29) is 17.5 Å². The summed E-state index contributed by atoms with van der Waals surface area (Å²) < 4.78 is 10.0. The highest BCUT2D eigenvalue weighted by molar-refractivity contribution is 5.88. The molecule has 0 unspecified atom stereocenters. The second kappa shape index (κ2) is 7.97. The maximum atomic E-state index is 13.1. The fourth-order valence-corrected chi connectivity index (χ4v) is 4.66. The molecule has 1 saturated carbocycles. The smallest absolute Gasteiger partial charge is 0.330 e. The normalized spacial score (nSPS) is 17.3. The minimum absolute atomic E-state index is 0.148. The Balaban J connectivity index is 1.23. The first-order valence-corrected chi connectivity index (χ1v) is 11.6. The summed E-state index contributed by atoms with van der Waals surface area (Å²) in [5.74, 6) is 1.92. The monoisotopic (exact) mass is 465 g/mol. The van der Waals surface area contributed by atoms with Gasteiger partial charge in [-0.3, -0.25) is 18.8 Å². The lowest BCUT2D eigenvalue weighted by atomic mass is 10.2. The van der Waals surface area contributed by atoms with E-state index in [4.69, 9.17) is 10.2 Å². The van der Waals surface area contributed by atoms with Gasteiger partial charge in [-0.2, -0.15) is 9.50 Å². The molecule has 5 heterocycles. The summed E-state index contributed by atoms with van der Waals surface area (Å²) in [5, 5.41) is 4.41. The van der Waals surface area contributed by atoms with E-state index >= 15 is 0 Å². The molecular formula is C22H27N9O3. The minimum atomic E-state index is -0.184. The zero-order valence-corrected chi connectivity index (χ0v) is 19.1. The van der Waals surface area contributed by atoms with Crippen LogP contribution in [0.4, 0.5) is 5.95 Å². The molecule has 0 aromatic carbocycles. The molecule has 4 aromatic heterocycles. The quantitative estimate of drug-likeness (QED) is 0.437. The second-order valence-electron chi connectivity index (χ2n) is 9.15. The number of nitrogen functional groups attached to an aromatic ring is 1. The van der Waals surface area contributed by atoms with E-state index < -0.39 is 0 Å². The van der Waals surface area contributed by atoms with Crippen molar-refractivity contribution < 1.29 is 9.21 Å². The number of aromatic nitrogens is 6. The first-order chi connectivity index (χ1) is 16.5. The van der Waals surface area contributed by atoms with Crippen LogP contribution in [-0.2, 0) is 18.4 Å². The maximum Gasteiger partial charge on any atom is 0.330 e. The van der Waals surface area contributed by atoms with Crippen molar-refractivity contribution in [1.82, 2.24) is 38.5 Å². The fourth-order valence-electron chi connectivity index (χ4n) is 4.66. The SMILES string of the molecule is Cn1c(=O)n(CCN2CCN(C(=O)CC3CC3)CC2)c2nc(N)n3nc(-c4ccco4)nc3c21. The standard InChI is InChI=1S/C22H27N9O3/c1-27-17-19(25-21(23)31-20(17)24-18(26-31)15-3-2-12-34-15)30(22(27)33)11-8-28-6-9-29(10-7-28)16(32)13-14-4-5-14/h2-3,12,14H,4-11,13H2,1H3,(H2,23,25). The van der Waals surface area contributed by atoms with Crippen LogP contribution < -0.4 is 11.4 Å². The summed E-state index contributed by atoms with van der Waals surface area (Å²) in [6.07, 6.45) is 4.62. The van der Waals surface area contributed by atoms with Crippen molar-refractivity contribution >= 4 is 28.7 Å². The number of hydrogen-bond donors (Lipinski definition) is 1. The Morgan fingerprint density at radius 3 is 2.65 bits per heavy atom. The van der Waals surface area contributed by atoms with Crippen LogP contribution in [-0.4, -0.2) is 77.1 Å². The molecule has 2 fully saturated rings. The van der Waals surface area contributed by atoms with Gasteiger partial charge in [0.05, 0.1) is 6.26 Å². The van der Waals surface area contributed by atoms with Gasteiger partial charge in [-0.25, -0.2) is 9.78 Å². The first-order valence-electron chi connectivity index (χ1n) is 11.6. The highest BCUT2D eigenvalue weighted by atomic mass is 16.3. The number of imidazole rings is 1. The van der Waals surface area contributed by atoms with Crippen molar-refractivity contribution in [2.45, 2.75) is 25.8 Å². The number of hydrogen-bond acceptors (Lipinski definition) is 8. The van der Waals surface area contributed by atoms with E-state index in [0.29, 0.717) is 53.8 Å². The van der Waals surface area contributed by atoms with Crippen molar-refractivity contribution in [2.75, 3.05) is 38.5 Å². The molecule has 1 aliphatic heterocycles. The van der Waals surface area contributed by atoms with Gasteiger partial charge in [0.25, 0.3) is 0 Å². The Kier molecular flexibility index (Phi) is 4.90. The Morgan fingerprint density at radius 1 is 1.15 bits per heavy atom. The number of carbonyl (C=O) groups is 1. The summed E-state index contributed by atoms with van der Waals surface area (Å²) in [7, 11) is 1.70. The van der Waals surface area contributed by atoms with Crippen molar-refractivity contribution in [1.29, 1.82) is 0 Å². The number of amides is 1. The summed E-state index contributed by atoms with van der Waals surface area (Å²) in [4.78, 5) is 38.8. The van der Waals surface area contributed by atoms with Crippen LogP contribution >= 0.6 is 0 Å². The molecule has 12 nitrogen and oxygen atoms in total. The van der Waals surface area contributed by atoms with Crippen LogP contribution in [0.25, 0.3) is 28.4 Å². The molecule has 1 saturated heterocycles. The van der Waals surface area contributed by atoms with Crippen LogP contribution in [0, 0.1) is 5.92 Å². The van der Waals surface area contributed by atoms with Crippen molar-refractivity contribution in [3.63, 3.8) is 0 Å². The average Bonchev–Trinajstić information content (AvgIpc) is 3.22. The molecule has 1 amide bonds. The zero-order chi connectivity index (χ0) is 23.4. The van der Waals surface area contributed by atoms with E-state index in [9.17, 15) is 9.59 Å². The molecule has 0 atom stereocenters. The maximum absolute atomic E-state index is 13.1. The van der Waals surface area contributed by atoms with E-state index in [1.807, 2.05) is 4.90 Å². The average molecular weight is 466 g/mol. The van der Waals surface area contributed by atoms with Gasteiger partial charge >= 0.3 is 5.69 Å². The van der Waals surface area contributed by atoms with Gasteiger partial charge in [0.15, 0.2) is 17.1 Å². The Hall–Kier alpha value is -3.67. The topological polar surface area (TPSA) is 133 Å². The third-order valence-electron chi connectivity index (χ3n) is 6.84. The van der Waals surface area contributed by atoms with E-state index in [1.54, 1.807) is 30.0 Å². The van der Waals surface area contributed by atoms with Gasteiger partial charge in [-0.15, -0.1) is 5.10 Å². The third kappa shape index (κ3) is 3.54. The summed E-state index contributed by atoms with van der Waals surface area (Å²) >= 11 is 0. The molecule has 34 heavy (non-hydrogen) atoms. The summed E-state index contributed by atoms with van der Waals surface area (Å²) in [5.41, 5.74) is 7.50. The van der Waals surface area contributed by atoms with E-state index in [0.717, 1.165) is 26.2 Å². The zero-order valence-electron chi connectivity index (χ0n) is 19.1. The largest absolute Gasteiger partial charge is 0.461 e.